The Morgan fingerprint density at radius 2 is 1.62 bits per heavy atom. The van der Waals surface area contributed by atoms with Gasteiger partial charge in [-0.1, -0.05) is 42.5 Å². The second kappa shape index (κ2) is 9.44. The van der Waals surface area contributed by atoms with E-state index < -0.39 is 39.9 Å². The molecule has 174 valence electrons. The second-order valence-electron chi connectivity index (χ2n) is 7.48. The maximum Gasteiger partial charge on any atom is 0.331 e. The van der Waals surface area contributed by atoms with Crippen molar-refractivity contribution in [2.45, 2.75) is 24.0 Å². The molecule has 1 amide bonds. The molecule has 0 bridgehead atoms. The zero-order valence-corrected chi connectivity index (χ0v) is 18.8. The van der Waals surface area contributed by atoms with Crippen LogP contribution in [0.1, 0.15) is 24.2 Å². The summed E-state index contributed by atoms with van der Waals surface area (Å²) >= 11 is 0. The van der Waals surface area contributed by atoms with Gasteiger partial charge in [-0.25, -0.2) is 17.6 Å². The molecule has 0 saturated heterocycles. The first-order valence-corrected chi connectivity index (χ1v) is 11.7. The van der Waals surface area contributed by atoms with Gasteiger partial charge in [0.25, 0.3) is 15.9 Å². The van der Waals surface area contributed by atoms with Gasteiger partial charge in [-0.3, -0.25) is 14.5 Å². The number of hydrogen-bond acceptors (Lipinski definition) is 6. The highest BCUT2D eigenvalue weighted by atomic mass is 32.2. The lowest BCUT2D eigenvalue weighted by atomic mass is 10.1. The number of sulfonamides is 1. The average Bonchev–Trinajstić information content (AvgIpc) is 3.09. The topological polar surface area (TPSA) is 114 Å². The van der Waals surface area contributed by atoms with Crippen molar-refractivity contribution in [2.24, 2.45) is 4.99 Å². The first-order chi connectivity index (χ1) is 16.2. The minimum atomic E-state index is -3.77. The highest BCUT2D eigenvalue weighted by Gasteiger charge is 2.32. The van der Waals surface area contributed by atoms with Gasteiger partial charge < -0.3 is 10.1 Å². The predicted octanol–water partition coefficient (Wildman–Crippen LogP) is 3.18. The molecule has 2 atom stereocenters. The molecule has 0 saturated carbocycles. The number of hydrogen-bond donors (Lipinski definition) is 2. The van der Waals surface area contributed by atoms with Gasteiger partial charge in [-0.05, 0) is 43.3 Å². The van der Waals surface area contributed by atoms with E-state index in [1.54, 1.807) is 48.5 Å². The number of benzene rings is 3. The van der Waals surface area contributed by atoms with E-state index in [-0.39, 0.29) is 10.7 Å². The largest absolute Gasteiger partial charge is 0.446 e. The van der Waals surface area contributed by atoms with Gasteiger partial charge in [0.15, 0.2) is 0 Å². The summed E-state index contributed by atoms with van der Waals surface area (Å²) in [5.74, 6) is -1.91. The number of aliphatic imine (C=N–C) groups is 1. The third-order valence-electron chi connectivity index (χ3n) is 5.01. The predicted molar refractivity (Wildman–Crippen MR) is 123 cm³/mol. The van der Waals surface area contributed by atoms with Gasteiger partial charge >= 0.3 is 5.97 Å². The molecule has 34 heavy (non-hydrogen) atoms. The molecule has 8 nitrogen and oxygen atoms in total. The van der Waals surface area contributed by atoms with E-state index in [9.17, 15) is 22.4 Å². The standard InChI is InChI=1S/C24H20FN3O5S/c1-15(26-22-19-9-5-6-10-20(19)34(31,32)28-22)24(30)33-21(16-7-3-2-4-8-16)23(29)27-18-13-11-17(25)12-14-18/h2-15,21H,1H3,(H,26,28)(H,27,29)/t15-,21-/m1/s1. The zero-order valence-electron chi connectivity index (χ0n) is 17.9. The summed E-state index contributed by atoms with van der Waals surface area (Å²) in [6.07, 6.45) is -1.31. The van der Waals surface area contributed by atoms with Crippen LogP contribution < -0.4 is 10.0 Å². The van der Waals surface area contributed by atoms with Gasteiger partial charge in [0.1, 0.15) is 17.7 Å². The monoisotopic (exact) mass is 481 g/mol. The average molecular weight is 482 g/mol. The highest BCUT2D eigenvalue weighted by molar-refractivity contribution is 7.90. The molecule has 1 aliphatic heterocycles. The van der Waals surface area contributed by atoms with Crippen LogP contribution in [0.3, 0.4) is 0 Å². The van der Waals surface area contributed by atoms with Crippen LogP contribution in [-0.4, -0.2) is 32.2 Å². The number of halogens is 1. The molecule has 0 aromatic heterocycles. The van der Waals surface area contributed by atoms with Crippen LogP contribution in [0.25, 0.3) is 0 Å². The van der Waals surface area contributed by atoms with Crippen molar-refractivity contribution in [3.8, 4) is 0 Å². The fourth-order valence-corrected chi connectivity index (χ4v) is 4.57. The quantitative estimate of drug-likeness (QED) is 0.525. The number of carbonyl (C=O) groups excluding carboxylic acids is 2. The van der Waals surface area contributed by atoms with Crippen LogP contribution >= 0.6 is 0 Å². The third kappa shape index (κ3) is 4.96. The molecule has 0 aliphatic carbocycles. The number of fused-ring (bicyclic) bond motifs is 1. The summed E-state index contributed by atoms with van der Waals surface area (Å²) in [6, 6.07) is 18.7. The van der Waals surface area contributed by atoms with Crippen LogP contribution in [0.2, 0.25) is 0 Å². The Labute approximate surface area is 195 Å². The maximum atomic E-state index is 13.2. The maximum absolute atomic E-state index is 13.2. The molecule has 0 spiro atoms. The van der Waals surface area contributed by atoms with Crippen LogP contribution in [0.4, 0.5) is 10.1 Å². The minimum absolute atomic E-state index is 0.0204. The Bertz CT molecular complexity index is 1360. The summed E-state index contributed by atoms with van der Waals surface area (Å²) in [4.78, 5) is 30.0. The number of carbonyl (C=O) groups is 2. The number of amidine groups is 1. The lowest BCUT2D eigenvalue weighted by molar-refractivity contribution is -0.155. The Hall–Kier alpha value is -4.05. The number of amides is 1. The van der Waals surface area contributed by atoms with E-state index >= 15 is 0 Å². The molecule has 1 heterocycles. The normalized spacial score (nSPS) is 16.7. The fraction of sp³-hybridized carbons (Fsp3) is 0.125. The van der Waals surface area contributed by atoms with E-state index in [4.69, 9.17) is 4.74 Å². The van der Waals surface area contributed by atoms with Crippen molar-refractivity contribution < 1.29 is 27.1 Å². The minimum Gasteiger partial charge on any atom is -0.446 e. The Morgan fingerprint density at radius 3 is 2.32 bits per heavy atom. The molecule has 0 fully saturated rings. The van der Waals surface area contributed by atoms with E-state index in [0.29, 0.717) is 16.8 Å². The summed E-state index contributed by atoms with van der Waals surface area (Å²) in [7, 11) is -3.77. The highest BCUT2D eigenvalue weighted by Crippen LogP contribution is 2.24. The van der Waals surface area contributed by atoms with Crippen LogP contribution in [0, 0.1) is 5.82 Å². The van der Waals surface area contributed by atoms with Crippen molar-refractivity contribution in [2.75, 3.05) is 5.32 Å². The molecule has 0 radical (unpaired) electrons. The van der Waals surface area contributed by atoms with E-state index in [0.717, 1.165) is 0 Å². The SMILES string of the molecule is C[C@@H](N=C1NS(=O)(=O)c2ccccc21)C(=O)O[C@@H](C(=O)Nc1ccc(F)cc1)c1ccccc1. The van der Waals surface area contributed by atoms with E-state index in [1.807, 2.05) is 0 Å². The fourth-order valence-electron chi connectivity index (χ4n) is 3.33. The molecule has 4 rings (SSSR count). The second-order valence-corrected chi connectivity index (χ2v) is 9.13. The summed E-state index contributed by atoms with van der Waals surface area (Å²) in [5, 5.41) is 2.60. The van der Waals surface area contributed by atoms with Gasteiger partial charge in [-0.2, -0.15) is 0 Å². The van der Waals surface area contributed by atoms with Crippen molar-refractivity contribution in [1.29, 1.82) is 0 Å². The summed E-state index contributed by atoms with van der Waals surface area (Å²) in [6.45, 7) is 1.44. The molecule has 0 unspecified atom stereocenters. The van der Waals surface area contributed by atoms with Gasteiger partial charge in [0, 0.05) is 16.8 Å². The van der Waals surface area contributed by atoms with Crippen molar-refractivity contribution in [3.05, 3.63) is 95.8 Å². The van der Waals surface area contributed by atoms with Gasteiger partial charge in [0.05, 0.1) is 4.90 Å². The zero-order chi connectivity index (χ0) is 24.3. The Kier molecular flexibility index (Phi) is 6.42. The number of nitrogens with zero attached hydrogens (tertiary/aromatic N) is 1. The number of esters is 1. The third-order valence-corrected chi connectivity index (χ3v) is 6.41. The van der Waals surface area contributed by atoms with Crippen molar-refractivity contribution >= 4 is 33.4 Å². The van der Waals surface area contributed by atoms with Crippen LogP contribution in [0.15, 0.2) is 88.8 Å². The molecule has 2 N–H and O–H groups in total. The Morgan fingerprint density at radius 1 is 0.971 bits per heavy atom. The lowest BCUT2D eigenvalue weighted by Gasteiger charge is -2.19. The number of rotatable bonds is 6. The van der Waals surface area contributed by atoms with Gasteiger partial charge in [-0.15, -0.1) is 0 Å². The Balaban J connectivity index is 1.55. The molecule has 1 aliphatic rings. The first-order valence-electron chi connectivity index (χ1n) is 10.3. The van der Waals surface area contributed by atoms with Crippen LogP contribution in [0.5, 0.6) is 0 Å². The molecule has 10 heteroatoms. The summed E-state index contributed by atoms with van der Waals surface area (Å²) < 4.78 is 45.6. The number of ether oxygens (including phenoxy) is 1. The summed E-state index contributed by atoms with van der Waals surface area (Å²) in [5.41, 5.74) is 1.09. The van der Waals surface area contributed by atoms with Gasteiger partial charge in [0.2, 0.25) is 6.10 Å². The molecular weight excluding hydrogens is 461 g/mol. The van der Waals surface area contributed by atoms with E-state index in [1.165, 1.54) is 37.3 Å². The van der Waals surface area contributed by atoms with E-state index in [2.05, 4.69) is 15.0 Å². The first kappa shape index (κ1) is 23.1. The number of nitrogens with one attached hydrogen (secondary N) is 2. The van der Waals surface area contributed by atoms with Crippen molar-refractivity contribution in [1.82, 2.24) is 4.72 Å². The molecular formula is C24H20FN3O5S. The van der Waals surface area contributed by atoms with Crippen molar-refractivity contribution in [3.63, 3.8) is 0 Å². The van der Waals surface area contributed by atoms with Crippen LogP contribution in [-0.2, 0) is 24.3 Å². The smallest absolute Gasteiger partial charge is 0.331 e. The number of anilines is 1. The molecule has 3 aromatic rings. The molecule has 3 aromatic carbocycles. The lowest BCUT2D eigenvalue weighted by Crippen LogP contribution is -2.31.